The molecule has 35 heavy (non-hydrogen) atoms. The molecule has 3 aromatic carbocycles. The van der Waals surface area contributed by atoms with Gasteiger partial charge in [0.25, 0.3) is 0 Å². The molecule has 6 nitrogen and oxygen atoms in total. The number of aliphatic hydroxyl groups excluding tert-OH is 1. The van der Waals surface area contributed by atoms with Crippen molar-refractivity contribution in [3.05, 3.63) is 89.5 Å². The number of aromatic hydroxyl groups is 3. The number of likely N-dealkylation sites (N-methyl/N-ethyl adjacent to an activating group) is 1. The van der Waals surface area contributed by atoms with Crippen LogP contribution < -0.4 is 11.1 Å². The largest absolute Gasteiger partial charge is 0.508 e. The zero-order chi connectivity index (χ0) is 24.9. The van der Waals surface area contributed by atoms with Gasteiger partial charge in [0.2, 0.25) is 0 Å². The number of nitrogens with two attached hydrogens (primary N) is 1. The van der Waals surface area contributed by atoms with Crippen molar-refractivity contribution in [1.29, 1.82) is 0 Å². The summed E-state index contributed by atoms with van der Waals surface area (Å²) < 4.78 is 0. The van der Waals surface area contributed by atoms with E-state index in [1.54, 1.807) is 48.5 Å². The van der Waals surface area contributed by atoms with Gasteiger partial charge >= 0.3 is 0 Å². The highest BCUT2D eigenvalue weighted by Crippen LogP contribution is 2.11. The maximum atomic E-state index is 8.97. The van der Waals surface area contributed by atoms with Crippen LogP contribution in [-0.4, -0.2) is 53.0 Å². The standard InChI is InChI=1S/C9H13NO.C8H9BrO.C8H10O2.CH5N.2BrH/c1-10-7-6-8-2-4-9(11)5-3-8;2*9-6-5-7-1-3-8(10)4-2-7;1-2;;/h2-5,10-11H,6-7H2,1H3;1-4,10H,5-6H2;1-4,9-10H,5-6H2;2H2,1H3;2*1H. The van der Waals surface area contributed by atoms with Crippen molar-refractivity contribution in [1.82, 2.24) is 5.32 Å². The monoisotopic (exact) mass is 680 g/mol. The Morgan fingerprint density at radius 1 is 0.629 bits per heavy atom. The fourth-order valence-electron chi connectivity index (χ4n) is 2.50. The molecule has 0 aliphatic carbocycles. The molecule has 0 heterocycles. The van der Waals surface area contributed by atoms with Crippen molar-refractivity contribution in [2.24, 2.45) is 5.73 Å². The van der Waals surface area contributed by atoms with Crippen LogP contribution in [0.25, 0.3) is 0 Å². The first-order valence-corrected chi connectivity index (χ1v) is 11.8. The Bertz CT molecular complexity index is 787. The molecular weight excluding hydrogens is 644 g/mol. The number of rotatable bonds is 7. The molecule has 0 fully saturated rings. The lowest BCUT2D eigenvalue weighted by Gasteiger charge is -1.99. The van der Waals surface area contributed by atoms with Crippen LogP contribution >= 0.6 is 49.9 Å². The average molecular weight is 683 g/mol. The number of aryl methyl sites for hydroxylation is 1. The number of alkyl halides is 1. The van der Waals surface area contributed by atoms with Gasteiger partial charge in [0, 0.05) is 11.9 Å². The summed E-state index contributed by atoms with van der Waals surface area (Å²) in [5, 5.41) is 39.3. The first kappa shape index (κ1) is 37.9. The molecule has 0 aliphatic heterocycles. The Balaban J connectivity index is -0.000000412. The number of halogens is 3. The molecule has 0 unspecified atom stereocenters. The molecular formula is C26H39Br3N2O4. The third-order valence-electron chi connectivity index (χ3n) is 4.26. The van der Waals surface area contributed by atoms with E-state index >= 15 is 0 Å². The van der Waals surface area contributed by atoms with Gasteiger partial charge in [-0.25, -0.2) is 0 Å². The highest BCUT2D eigenvalue weighted by molar-refractivity contribution is 9.09. The van der Waals surface area contributed by atoms with E-state index in [9.17, 15) is 0 Å². The van der Waals surface area contributed by atoms with Crippen molar-refractivity contribution < 1.29 is 20.4 Å². The molecule has 0 amide bonds. The first-order valence-electron chi connectivity index (χ1n) is 10.7. The Morgan fingerprint density at radius 2 is 0.943 bits per heavy atom. The number of phenols is 3. The third kappa shape index (κ3) is 20.3. The van der Waals surface area contributed by atoms with E-state index in [0.29, 0.717) is 17.9 Å². The van der Waals surface area contributed by atoms with E-state index in [-0.39, 0.29) is 46.3 Å². The van der Waals surface area contributed by atoms with Crippen molar-refractivity contribution in [2.45, 2.75) is 19.3 Å². The minimum absolute atomic E-state index is 0. The zero-order valence-corrected chi connectivity index (χ0v) is 25.2. The number of phenolic OH excluding ortho intramolecular Hbond substituents is 3. The highest BCUT2D eigenvalue weighted by Gasteiger charge is 1.92. The summed E-state index contributed by atoms with van der Waals surface area (Å²) in [6, 6.07) is 21.4. The van der Waals surface area contributed by atoms with E-state index in [4.69, 9.17) is 20.4 Å². The van der Waals surface area contributed by atoms with Crippen LogP contribution in [0, 0.1) is 0 Å². The molecule has 0 aliphatic rings. The molecule has 0 spiro atoms. The topological polar surface area (TPSA) is 119 Å². The molecule has 0 saturated carbocycles. The molecule has 0 saturated heterocycles. The Hall–Kier alpha value is -1.62. The van der Waals surface area contributed by atoms with Gasteiger partial charge in [-0.1, -0.05) is 52.3 Å². The van der Waals surface area contributed by atoms with Crippen molar-refractivity contribution in [3.63, 3.8) is 0 Å². The predicted octanol–water partition coefficient (Wildman–Crippen LogP) is 5.14. The number of aliphatic hydroxyl groups is 1. The van der Waals surface area contributed by atoms with Crippen LogP contribution in [-0.2, 0) is 19.3 Å². The molecule has 9 heteroatoms. The molecule has 0 aromatic heterocycles. The van der Waals surface area contributed by atoms with Crippen molar-refractivity contribution >= 4 is 49.9 Å². The second-order valence-electron chi connectivity index (χ2n) is 6.77. The van der Waals surface area contributed by atoms with Gasteiger partial charge in [0.15, 0.2) is 0 Å². The van der Waals surface area contributed by atoms with E-state index in [2.05, 4.69) is 27.0 Å². The molecule has 3 aromatic rings. The molecule has 198 valence electrons. The van der Waals surface area contributed by atoms with Crippen LogP contribution in [0.3, 0.4) is 0 Å². The number of hydrogen-bond donors (Lipinski definition) is 6. The smallest absolute Gasteiger partial charge is 0.115 e. The van der Waals surface area contributed by atoms with E-state index < -0.39 is 0 Å². The summed E-state index contributed by atoms with van der Waals surface area (Å²) >= 11 is 3.34. The lowest BCUT2D eigenvalue weighted by molar-refractivity contribution is 0.299. The average Bonchev–Trinajstić information content (AvgIpc) is 2.84. The van der Waals surface area contributed by atoms with Crippen molar-refractivity contribution in [3.8, 4) is 17.2 Å². The fourth-order valence-corrected chi connectivity index (χ4v) is 2.95. The molecule has 3 rings (SSSR count). The van der Waals surface area contributed by atoms with Gasteiger partial charge in [-0.15, -0.1) is 34.0 Å². The number of hydrogen-bond acceptors (Lipinski definition) is 6. The lowest BCUT2D eigenvalue weighted by atomic mass is 10.1. The van der Waals surface area contributed by atoms with Gasteiger partial charge in [0.05, 0.1) is 0 Å². The fraction of sp³-hybridized carbons (Fsp3) is 0.308. The predicted molar refractivity (Wildman–Crippen MR) is 161 cm³/mol. The summed E-state index contributed by atoms with van der Waals surface area (Å²) in [7, 11) is 3.43. The van der Waals surface area contributed by atoms with Gasteiger partial charge in [0.1, 0.15) is 17.2 Å². The molecule has 0 atom stereocenters. The summed E-state index contributed by atoms with van der Waals surface area (Å²) in [6.07, 6.45) is 2.68. The maximum absolute atomic E-state index is 8.97. The maximum Gasteiger partial charge on any atom is 0.115 e. The summed E-state index contributed by atoms with van der Waals surface area (Å²) in [4.78, 5) is 0. The minimum Gasteiger partial charge on any atom is -0.508 e. The van der Waals surface area contributed by atoms with Crippen molar-refractivity contribution in [2.75, 3.05) is 32.6 Å². The summed E-state index contributed by atoms with van der Waals surface area (Å²) in [6.45, 7) is 1.13. The summed E-state index contributed by atoms with van der Waals surface area (Å²) in [5.74, 6) is 0.929. The summed E-state index contributed by atoms with van der Waals surface area (Å²) in [5.41, 5.74) is 8.03. The second-order valence-corrected chi connectivity index (χ2v) is 7.56. The molecule has 0 bridgehead atoms. The zero-order valence-electron chi connectivity index (χ0n) is 20.2. The Morgan fingerprint density at radius 3 is 1.23 bits per heavy atom. The first-order chi connectivity index (χ1) is 16.0. The number of benzene rings is 3. The normalized spacial score (nSPS) is 8.83. The van der Waals surface area contributed by atoms with Gasteiger partial charge in [-0.05, 0) is 93.0 Å². The second kappa shape index (κ2) is 25.5. The van der Waals surface area contributed by atoms with Crippen LogP contribution in [0.4, 0.5) is 0 Å². The quantitative estimate of drug-likeness (QED) is 0.192. The van der Waals surface area contributed by atoms with Crippen LogP contribution in [0.2, 0.25) is 0 Å². The molecule has 0 radical (unpaired) electrons. The Labute approximate surface area is 238 Å². The third-order valence-corrected chi connectivity index (χ3v) is 4.65. The van der Waals surface area contributed by atoms with Crippen LogP contribution in [0.1, 0.15) is 16.7 Å². The Kier molecular flexibility index (Phi) is 27.6. The minimum atomic E-state index is 0. The SMILES string of the molecule is Br.Br.CN.CNCCc1ccc(O)cc1.OCCc1ccc(O)cc1.Oc1ccc(CCBr)cc1. The van der Waals surface area contributed by atoms with E-state index in [1.807, 2.05) is 31.3 Å². The highest BCUT2D eigenvalue weighted by atomic mass is 79.9. The van der Waals surface area contributed by atoms with Crippen LogP contribution in [0.5, 0.6) is 17.2 Å². The van der Waals surface area contributed by atoms with Gasteiger partial charge in [-0.2, -0.15) is 0 Å². The lowest BCUT2D eigenvalue weighted by Crippen LogP contribution is -2.09. The van der Waals surface area contributed by atoms with Gasteiger partial charge < -0.3 is 31.5 Å². The van der Waals surface area contributed by atoms with Crippen LogP contribution in [0.15, 0.2) is 72.8 Å². The van der Waals surface area contributed by atoms with E-state index in [1.165, 1.54) is 18.2 Å². The van der Waals surface area contributed by atoms with E-state index in [0.717, 1.165) is 30.3 Å². The number of nitrogens with one attached hydrogen (secondary N) is 1. The van der Waals surface area contributed by atoms with Gasteiger partial charge in [-0.3, -0.25) is 0 Å². The molecule has 7 N–H and O–H groups in total.